The van der Waals surface area contributed by atoms with Gasteiger partial charge >= 0.3 is 34.7 Å². The molecule has 0 aliphatic carbocycles. The largest absolute Gasteiger partial charge is 3.00 e. The van der Waals surface area contributed by atoms with E-state index in [9.17, 15) is 4.79 Å². The van der Waals surface area contributed by atoms with Crippen LogP contribution in [0.1, 0.15) is 0 Å². The predicted molar refractivity (Wildman–Crippen MR) is 69.3 cm³/mol. The van der Waals surface area contributed by atoms with Crippen molar-refractivity contribution in [2.24, 2.45) is 0 Å². The van der Waals surface area contributed by atoms with Crippen LogP contribution in [0.15, 0.2) is 0 Å². The summed E-state index contributed by atoms with van der Waals surface area (Å²) in [5.74, 6) is 0. The van der Waals surface area contributed by atoms with E-state index in [0.29, 0.717) is 0 Å². The molecule has 0 saturated carbocycles. The standard InChI is InChI=1S/C2HCl3O.2Al.3H2O4S/c3-2(4,5)1-6;;;3*1-5(2,3)4/h1H;;;3*(H2,1,2,3,4)/q;2*+3;;;/p-6. The van der Waals surface area contributed by atoms with Gasteiger partial charge in [-0.25, -0.2) is 0 Å². The van der Waals surface area contributed by atoms with Crippen LogP contribution in [0, 0.1) is 0 Å². The summed E-state index contributed by atoms with van der Waals surface area (Å²) >= 11 is 14.6. The molecule has 0 aromatic heterocycles. The Morgan fingerprint density at radius 1 is 0.609 bits per heavy atom. The van der Waals surface area contributed by atoms with E-state index >= 15 is 0 Å². The van der Waals surface area contributed by atoms with Crippen molar-refractivity contribution < 1.29 is 57.4 Å². The minimum Gasteiger partial charge on any atom is -0.759 e. The Kier molecular flexibility index (Phi) is 28.5. The smallest absolute Gasteiger partial charge is 0.759 e. The molecule has 0 radical (unpaired) electrons. The molecule has 21 heteroatoms. The average Bonchev–Trinajstić information content (AvgIpc) is 1.91. The minimum atomic E-state index is -5.17. The molecule has 0 atom stereocenters. The van der Waals surface area contributed by atoms with E-state index in [1.807, 2.05) is 0 Å². The second-order valence-corrected chi connectivity index (χ2v) is 6.70. The number of rotatable bonds is 0. The Morgan fingerprint density at radius 3 is 0.652 bits per heavy atom. The van der Waals surface area contributed by atoms with Gasteiger partial charge in [0.1, 0.15) is 0 Å². The Bertz CT molecular complexity index is 479. The van der Waals surface area contributed by atoms with Crippen molar-refractivity contribution in [3.63, 3.8) is 0 Å². The van der Waals surface area contributed by atoms with E-state index in [0.717, 1.165) is 0 Å². The number of carbonyl (C=O) groups excluding carboxylic acids is 1. The summed E-state index contributed by atoms with van der Waals surface area (Å²) in [6.45, 7) is 0. The normalized spacial score (nSPS) is 10.5. The maximum Gasteiger partial charge on any atom is 3.00 e. The molecule has 0 aliphatic rings. The fourth-order valence-electron chi connectivity index (χ4n) is 0. The monoisotopic (exact) mass is 488 g/mol. The third-order valence-electron chi connectivity index (χ3n) is 0.134. The first kappa shape index (κ1) is 39.3. The van der Waals surface area contributed by atoms with Gasteiger partial charge in [0.2, 0.25) is 3.79 Å². The van der Waals surface area contributed by atoms with Gasteiger partial charge in [0.15, 0.2) is 6.29 Å². The van der Waals surface area contributed by atoms with Gasteiger partial charge in [-0.2, -0.15) is 0 Å². The predicted octanol–water partition coefficient (Wildman–Crippen LogP) is -3.22. The molecule has 23 heavy (non-hydrogen) atoms. The molecule has 0 aliphatic heterocycles. The van der Waals surface area contributed by atoms with Gasteiger partial charge in [0.25, 0.3) is 0 Å². The fourth-order valence-corrected chi connectivity index (χ4v) is 0. The van der Waals surface area contributed by atoms with Crippen LogP contribution in [0.4, 0.5) is 0 Å². The summed E-state index contributed by atoms with van der Waals surface area (Å²) in [5, 5.41) is 0. The molecule has 0 fully saturated rings. The Labute approximate surface area is 167 Å². The van der Waals surface area contributed by atoms with Gasteiger partial charge in [-0.3, -0.25) is 30.0 Å². The van der Waals surface area contributed by atoms with Gasteiger partial charge < -0.3 is 27.3 Å². The van der Waals surface area contributed by atoms with Gasteiger partial charge in [0, 0.05) is 31.2 Å². The summed E-state index contributed by atoms with van der Waals surface area (Å²) in [5.41, 5.74) is 0. The maximum absolute atomic E-state index is 9.43. The molecule has 0 N–H and O–H groups in total. The van der Waals surface area contributed by atoms with Crippen molar-refractivity contribution in [1.82, 2.24) is 0 Å². The van der Waals surface area contributed by atoms with Crippen molar-refractivity contribution in [3.8, 4) is 0 Å². The van der Waals surface area contributed by atoms with Gasteiger partial charge in [-0.15, -0.1) is 0 Å². The molecular weight excluding hydrogens is 489 g/mol. The topological polar surface area (TPSA) is 258 Å². The van der Waals surface area contributed by atoms with Crippen LogP contribution in [0.3, 0.4) is 0 Å². The SMILES string of the molecule is O=CC(Cl)(Cl)Cl.O=S(=O)([O-])[O-].O=S(=O)([O-])[O-].O=S(=O)([O-])[O-].[Al+3].[Al+3]. The van der Waals surface area contributed by atoms with Crippen molar-refractivity contribution in [2.75, 3.05) is 0 Å². The summed E-state index contributed by atoms with van der Waals surface area (Å²) in [6.07, 6.45) is 0.234. The third-order valence-corrected chi connectivity index (χ3v) is 0.401. The molecule has 0 bridgehead atoms. The number of halogens is 3. The van der Waals surface area contributed by atoms with Crippen LogP contribution in [0.2, 0.25) is 0 Å². The number of hydrogen-bond donors (Lipinski definition) is 0. The quantitative estimate of drug-likeness (QED) is 0.107. The number of carbonyl (C=O) groups is 1. The van der Waals surface area contributed by atoms with Crippen LogP contribution in [0.25, 0.3) is 0 Å². The Hall–Kier alpha value is 1.21. The molecule has 0 amide bonds. The van der Waals surface area contributed by atoms with E-state index in [4.69, 9.17) is 87.4 Å². The number of hydrogen-bond acceptors (Lipinski definition) is 13. The van der Waals surface area contributed by atoms with Gasteiger partial charge in [-0.05, 0) is 0 Å². The fraction of sp³-hybridized carbons (Fsp3) is 0.500. The van der Waals surface area contributed by atoms with Gasteiger partial charge in [0.05, 0.1) is 0 Å². The molecule has 0 saturated heterocycles. The van der Waals surface area contributed by atoms with E-state index in [-0.39, 0.29) is 41.0 Å². The van der Waals surface area contributed by atoms with E-state index in [1.54, 1.807) is 0 Å². The minimum absolute atomic E-state index is 0. The summed E-state index contributed by atoms with van der Waals surface area (Å²) in [7, 11) is -15.5. The van der Waals surface area contributed by atoms with Crippen LogP contribution < -0.4 is 0 Å². The van der Waals surface area contributed by atoms with Gasteiger partial charge in [-0.1, -0.05) is 34.8 Å². The molecule has 0 aromatic rings. The zero-order chi connectivity index (χ0) is 18.7. The summed E-state index contributed by atoms with van der Waals surface area (Å²) < 4.78 is 101. The zero-order valence-corrected chi connectivity index (χ0v) is 16.9. The second-order valence-electron chi connectivity index (χ2n) is 1.88. The first-order chi connectivity index (χ1) is 8.56. The van der Waals surface area contributed by atoms with Crippen molar-refractivity contribution >= 4 is 107 Å². The summed E-state index contributed by atoms with van der Waals surface area (Å²) in [6, 6.07) is 0. The van der Waals surface area contributed by atoms with Crippen LogP contribution in [0.5, 0.6) is 0 Å². The van der Waals surface area contributed by atoms with Crippen molar-refractivity contribution in [1.29, 1.82) is 0 Å². The Morgan fingerprint density at radius 2 is 0.652 bits per heavy atom. The zero-order valence-electron chi connectivity index (χ0n) is 9.90. The Balaban J connectivity index is -0.0000000408. The molecule has 0 heterocycles. The van der Waals surface area contributed by atoms with Crippen molar-refractivity contribution in [3.05, 3.63) is 0 Å². The summed E-state index contributed by atoms with van der Waals surface area (Å²) in [4.78, 5) is 9.43. The molecule has 0 rings (SSSR count). The number of aldehydes is 1. The van der Waals surface area contributed by atoms with Crippen molar-refractivity contribution in [2.45, 2.75) is 3.79 Å². The molecule has 0 unspecified atom stereocenters. The van der Waals surface area contributed by atoms with E-state index in [1.165, 1.54) is 0 Å². The first-order valence-electron chi connectivity index (χ1n) is 3.09. The molecule has 0 spiro atoms. The molecule has 132 valence electrons. The molecule has 0 aromatic carbocycles. The number of alkyl halides is 3. The second kappa shape index (κ2) is 16.7. The third kappa shape index (κ3) is 588. The molecular formula is C2HAl2Cl3O13S3. The molecule has 13 nitrogen and oxygen atoms in total. The van der Waals surface area contributed by atoms with Crippen LogP contribution in [-0.4, -0.2) is 97.4 Å². The van der Waals surface area contributed by atoms with E-state index < -0.39 is 35.0 Å². The average molecular weight is 490 g/mol. The first-order valence-corrected chi connectivity index (χ1v) is 8.23. The van der Waals surface area contributed by atoms with E-state index in [2.05, 4.69) is 0 Å². The maximum atomic E-state index is 9.43. The van der Waals surface area contributed by atoms with Crippen LogP contribution >= 0.6 is 34.8 Å². The van der Waals surface area contributed by atoms with Crippen LogP contribution in [-0.2, 0) is 36.0 Å².